The third kappa shape index (κ3) is 3.22. The van der Waals surface area contributed by atoms with E-state index in [1.54, 1.807) is 0 Å². The molecule has 0 saturated carbocycles. The highest BCUT2D eigenvalue weighted by atomic mass is 79.9. The van der Waals surface area contributed by atoms with Crippen LogP contribution in [-0.4, -0.2) is 19.8 Å². The molecule has 3 rings (SSSR count). The van der Waals surface area contributed by atoms with Crippen LogP contribution in [0.4, 0.5) is 0 Å². The lowest BCUT2D eigenvalue weighted by molar-refractivity contribution is 0.171. The van der Waals surface area contributed by atoms with Crippen molar-refractivity contribution in [3.05, 3.63) is 58.1 Å². The van der Waals surface area contributed by atoms with Crippen LogP contribution in [0.1, 0.15) is 24.1 Å². The Bertz CT molecular complexity index is 613. The highest BCUT2D eigenvalue weighted by Gasteiger charge is 2.17. The molecule has 110 valence electrons. The lowest BCUT2D eigenvalue weighted by Gasteiger charge is -2.23. The van der Waals surface area contributed by atoms with Crippen molar-refractivity contribution in [2.45, 2.75) is 13.0 Å². The lowest BCUT2D eigenvalue weighted by atomic mass is 9.98. The first kappa shape index (κ1) is 14.4. The molecule has 1 heterocycles. The monoisotopic (exact) mass is 347 g/mol. The van der Waals surface area contributed by atoms with Crippen molar-refractivity contribution in [1.82, 2.24) is 5.32 Å². The highest BCUT2D eigenvalue weighted by molar-refractivity contribution is 9.10. The van der Waals surface area contributed by atoms with Crippen LogP contribution >= 0.6 is 15.9 Å². The molecule has 1 N–H and O–H groups in total. The summed E-state index contributed by atoms with van der Waals surface area (Å²) in [4.78, 5) is 0. The number of hydrogen-bond acceptors (Lipinski definition) is 3. The second kappa shape index (κ2) is 6.50. The van der Waals surface area contributed by atoms with E-state index in [0.717, 1.165) is 22.5 Å². The van der Waals surface area contributed by atoms with Crippen molar-refractivity contribution in [1.29, 1.82) is 0 Å². The maximum Gasteiger partial charge on any atom is 0.161 e. The number of halogens is 1. The quantitative estimate of drug-likeness (QED) is 0.909. The Morgan fingerprint density at radius 1 is 1.00 bits per heavy atom. The predicted molar refractivity (Wildman–Crippen MR) is 87.1 cm³/mol. The second-order valence-electron chi connectivity index (χ2n) is 4.95. The van der Waals surface area contributed by atoms with Gasteiger partial charge in [-0.1, -0.05) is 41.1 Å². The molecule has 0 bridgehead atoms. The molecule has 1 aliphatic rings. The lowest BCUT2D eigenvalue weighted by Crippen LogP contribution is -2.22. The van der Waals surface area contributed by atoms with Gasteiger partial charge in [0.1, 0.15) is 13.2 Å². The van der Waals surface area contributed by atoms with Crippen molar-refractivity contribution in [3.63, 3.8) is 0 Å². The minimum absolute atomic E-state index is 0.152. The van der Waals surface area contributed by atoms with Gasteiger partial charge in [-0.25, -0.2) is 0 Å². The average molecular weight is 348 g/mol. The Kier molecular flexibility index (Phi) is 4.46. The maximum absolute atomic E-state index is 5.69. The zero-order valence-corrected chi connectivity index (χ0v) is 13.5. The van der Waals surface area contributed by atoms with Crippen LogP contribution in [-0.2, 0) is 0 Å². The van der Waals surface area contributed by atoms with Gasteiger partial charge in [0.05, 0.1) is 6.04 Å². The largest absolute Gasteiger partial charge is 0.486 e. The van der Waals surface area contributed by atoms with Crippen LogP contribution in [0.2, 0.25) is 0 Å². The minimum atomic E-state index is 0.152. The van der Waals surface area contributed by atoms with Gasteiger partial charge in [0, 0.05) is 4.47 Å². The smallest absolute Gasteiger partial charge is 0.161 e. The molecule has 0 radical (unpaired) electrons. The maximum atomic E-state index is 5.69. The van der Waals surface area contributed by atoms with Crippen LogP contribution in [0.5, 0.6) is 11.5 Å². The van der Waals surface area contributed by atoms with Gasteiger partial charge in [-0.3, -0.25) is 0 Å². The van der Waals surface area contributed by atoms with E-state index in [1.807, 2.05) is 6.07 Å². The van der Waals surface area contributed by atoms with Crippen molar-refractivity contribution in [3.8, 4) is 11.5 Å². The van der Waals surface area contributed by atoms with Gasteiger partial charge >= 0.3 is 0 Å². The summed E-state index contributed by atoms with van der Waals surface area (Å²) < 4.78 is 12.4. The molecule has 0 amide bonds. The van der Waals surface area contributed by atoms with Gasteiger partial charge in [-0.2, -0.15) is 0 Å². The molecule has 1 atom stereocenters. The van der Waals surface area contributed by atoms with Crippen LogP contribution in [0.25, 0.3) is 0 Å². The standard InChI is InChI=1S/C17H18BrNO2/c1-2-19-17(12-3-6-14(18)7-4-12)13-5-8-15-16(11-13)21-10-9-20-15/h3-8,11,17,19H,2,9-10H2,1H3. The number of hydrogen-bond donors (Lipinski definition) is 1. The molecule has 0 spiro atoms. The van der Waals surface area contributed by atoms with Gasteiger partial charge in [-0.15, -0.1) is 0 Å². The molecule has 2 aromatic carbocycles. The van der Waals surface area contributed by atoms with E-state index < -0.39 is 0 Å². The molecule has 1 unspecified atom stereocenters. The Hall–Kier alpha value is -1.52. The summed E-state index contributed by atoms with van der Waals surface area (Å²) in [6, 6.07) is 14.7. The predicted octanol–water partition coefficient (Wildman–Crippen LogP) is 3.92. The van der Waals surface area contributed by atoms with Crippen LogP contribution in [0.15, 0.2) is 46.9 Å². The minimum Gasteiger partial charge on any atom is -0.486 e. The Balaban J connectivity index is 1.95. The Morgan fingerprint density at radius 3 is 2.38 bits per heavy atom. The van der Waals surface area contributed by atoms with E-state index >= 15 is 0 Å². The molecule has 0 fully saturated rings. The van der Waals surface area contributed by atoms with E-state index in [9.17, 15) is 0 Å². The summed E-state index contributed by atoms with van der Waals surface area (Å²) in [6.45, 7) is 4.25. The summed E-state index contributed by atoms with van der Waals surface area (Å²) in [5, 5.41) is 3.53. The molecular weight excluding hydrogens is 330 g/mol. The first-order valence-electron chi connectivity index (χ1n) is 7.16. The van der Waals surface area contributed by atoms with Gasteiger partial charge in [0.25, 0.3) is 0 Å². The van der Waals surface area contributed by atoms with E-state index in [0.29, 0.717) is 13.2 Å². The Labute approximate surface area is 133 Å². The number of nitrogens with one attached hydrogen (secondary N) is 1. The molecule has 21 heavy (non-hydrogen) atoms. The van der Waals surface area contributed by atoms with Crippen LogP contribution in [0, 0.1) is 0 Å². The fraction of sp³-hybridized carbons (Fsp3) is 0.294. The van der Waals surface area contributed by atoms with E-state index in [-0.39, 0.29) is 6.04 Å². The third-order valence-corrected chi connectivity index (χ3v) is 4.04. The summed E-state index contributed by atoms with van der Waals surface area (Å²) in [5.41, 5.74) is 2.42. The van der Waals surface area contributed by atoms with Crippen molar-refractivity contribution in [2.75, 3.05) is 19.8 Å². The normalized spacial score (nSPS) is 14.8. The SMILES string of the molecule is CCNC(c1ccc(Br)cc1)c1ccc2c(c1)OCCO2. The van der Waals surface area contributed by atoms with E-state index in [2.05, 4.69) is 64.6 Å². The first-order chi connectivity index (χ1) is 10.3. The van der Waals surface area contributed by atoms with Gasteiger partial charge in [0.2, 0.25) is 0 Å². The topological polar surface area (TPSA) is 30.5 Å². The van der Waals surface area contributed by atoms with Crippen LogP contribution < -0.4 is 14.8 Å². The Morgan fingerprint density at radius 2 is 1.67 bits per heavy atom. The highest BCUT2D eigenvalue weighted by Crippen LogP contribution is 2.34. The third-order valence-electron chi connectivity index (χ3n) is 3.51. The molecular formula is C17H18BrNO2. The number of fused-ring (bicyclic) bond motifs is 1. The molecule has 0 saturated heterocycles. The fourth-order valence-electron chi connectivity index (χ4n) is 2.53. The summed E-state index contributed by atoms with van der Waals surface area (Å²) in [5.74, 6) is 1.66. The average Bonchev–Trinajstić information content (AvgIpc) is 2.53. The summed E-state index contributed by atoms with van der Waals surface area (Å²) in [6.07, 6.45) is 0. The summed E-state index contributed by atoms with van der Waals surface area (Å²) >= 11 is 3.48. The zero-order chi connectivity index (χ0) is 14.7. The molecule has 2 aromatic rings. The van der Waals surface area contributed by atoms with Gasteiger partial charge < -0.3 is 14.8 Å². The molecule has 1 aliphatic heterocycles. The molecule has 0 aromatic heterocycles. The number of benzene rings is 2. The molecule has 3 nitrogen and oxygen atoms in total. The van der Waals surface area contributed by atoms with Crippen LogP contribution in [0.3, 0.4) is 0 Å². The molecule has 4 heteroatoms. The van der Waals surface area contributed by atoms with E-state index in [1.165, 1.54) is 11.1 Å². The zero-order valence-electron chi connectivity index (χ0n) is 11.9. The van der Waals surface area contributed by atoms with Crippen molar-refractivity contribution >= 4 is 15.9 Å². The van der Waals surface area contributed by atoms with Crippen molar-refractivity contribution in [2.24, 2.45) is 0 Å². The van der Waals surface area contributed by atoms with Gasteiger partial charge in [0.15, 0.2) is 11.5 Å². The van der Waals surface area contributed by atoms with Gasteiger partial charge in [-0.05, 0) is 41.9 Å². The number of rotatable bonds is 4. The fourth-order valence-corrected chi connectivity index (χ4v) is 2.79. The summed E-state index contributed by atoms with van der Waals surface area (Å²) in [7, 11) is 0. The first-order valence-corrected chi connectivity index (χ1v) is 7.95. The number of ether oxygens (including phenoxy) is 2. The van der Waals surface area contributed by atoms with Crippen molar-refractivity contribution < 1.29 is 9.47 Å². The second-order valence-corrected chi connectivity index (χ2v) is 5.86. The van der Waals surface area contributed by atoms with E-state index in [4.69, 9.17) is 9.47 Å². The molecule has 0 aliphatic carbocycles.